The normalized spacial score (nSPS) is 11.0. The summed E-state index contributed by atoms with van der Waals surface area (Å²) < 4.78 is 11.5. The zero-order valence-electron chi connectivity index (χ0n) is 18.3. The number of rotatable bonds is 6. The van der Waals surface area contributed by atoms with E-state index in [1.54, 1.807) is 0 Å². The van der Waals surface area contributed by atoms with Gasteiger partial charge in [0, 0.05) is 12.1 Å². The van der Waals surface area contributed by atoms with Crippen LogP contribution >= 0.6 is 0 Å². The van der Waals surface area contributed by atoms with Gasteiger partial charge in [0.25, 0.3) is 5.91 Å². The minimum Gasteiger partial charge on any atom is -0.484 e. The number of aromatic nitrogens is 1. The summed E-state index contributed by atoms with van der Waals surface area (Å²) in [5.74, 6) is 1.14. The molecule has 0 bridgehead atoms. The molecule has 31 heavy (non-hydrogen) atoms. The second-order valence-corrected chi connectivity index (χ2v) is 8.01. The molecule has 158 valence electrons. The molecule has 5 nitrogen and oxygen atoms in total. The monoisotopic (exact) mass is 414 g/mol. The number of fused-ring (bicyclic) bond motifs is 1. The number of carbonyl (C=O) groups is 1. The van der Waals surface area contributed by atoms with Crippen molar-refractivity contribution < 1.29 is 13.9 Å². The Morgan fingerprint density at radius 2 is 1.61 bits per heavy atom. The second-order valence-electron chi connectivity index (χ2n) is 8.01. The van der Waals surface area contributed by atoms with Gasteiger partial charge in [0.15, 0.2) is 12.2 Å². The molecule has 4 aromatic rings. The first-order valence-corrected chi connectivity index (χ1v) is 10.3. The molecule has 1 heterocycles. The molecular formula is C26H26N2O3. The maximum absolute atomic E-state index is 12.1. The van der Waals surface area contributed by atoms with E-state index < -0.39 is 0 Å². The van der Waals surface area contributed by atoms with E-state index in [0.717, 1.165) is 33.4 Å². The Morgan fingerprint density at radius 3 is 2.32 bits per heavy atom. The van der Waals surface area contributed by atoms with Crippen LogP contribution in [0.5, 0.6) is 5.75 Å². The maximum Gasteiger partial charge on any atom is 0.258 e. The van der Waals surface area contributed by atoms with Crippen LogP contribution in [0.2, 0.25) is 0 Å². The summed E-state index contributed by atoms with van der Waals surface area (Å²) in [6, 6.07) is 17.8. The van der Waals surface area contributed by atoms with Gasteiger partial charge in [0.2, 0.25) is 5.89 Å². The van der Waals surface area contributed by atoms with Crippen molar-refractivity contribution in [3.8, 4) is 17.2 Å². The van der Waals surface area contributed by atoms with Crippen LogP contribution in [0.25, 0.3) is 22.6 Å². The van der Waals surface area contributed by atoms with Gasteiger partial charge >= 0.3 is 0 Å². The van der Waals surface area contributed by atoms with Gasteiger partial charge in [0.1, 0.15) is 11.3 Å². The quantitative estimate of drug-likeness (QED) is 0.457. The predicted octanol–water partition coefficient (Wildman–Crippen LogP) is 5.42. The summed E-state index contributed by atoms with van der Waals surface area (Å²) in [5.41, 5.74) is 8.14. The third-order valence-corrected chi connectivity index (χ3v) is 5.26. The molecule has 5 heteroatoms. The third-order valence-electron chi connectivity index (χ3n) is 5.26. The number of benzene rings is 3. The van der Waals surface area contributed by atoms with E-state index >= 15 is 0 Å². The van der Waals surface area contributed by atoms with E-state index in [1.807, 2.05) is 62.4 Å². The molecule has 0 saturated heterocycles. The largest absolute Gasteiger partial charge is 0.484 e. The first kappa shape index (κ1) is 20.7. The molecule has 1 amide bonds. The van der Waals surface area contributed by atoms with Gasteiger partial charge in [0.05, 0.1) is 0 Å². The molecule has 4 rings (SSSR count). The van der Waals surface area contributed by atoms with Gasteiger partial charge in [-0.25, -0.2) is 4.98 Å². The predicted molar refractivity (Wildman–Crippen MR) is 122 cm³/mol. The van der Waals surface area contributed by atoms with Crippen molar-refractivity contribution in [3.63, 3.8) is 0 Å². The van der Waals surface area contributed by atoms with Crippen LogP contribution in [-0.2, 0) is 11.3 Å². The molecule has 0 saturated carbocycles. The Labute approximate surface area is 182 Å². The summed E-state index contributed by atoms with van der Waals surface area (Å²) >= 11 is 0. The van der Waals surface area contributed by atoms with Crippen molar-refractivity contribution >= 4 is 17.0 Å². The second kappa shape index (κ2) is 8.64. The van der Waals surface area contributed by atoms with Crippen molar-refractivity contribution in [2.45, 2.75) is 34.2 Å². The van der Waals surface area contributed by atoms with Crippen LogP contribution in [0.15, 0.2) is 59.0 Å². The highest BCUT2D eigenvalue weighted by Gasteiger charge is 2.10. The van der Waals surface area contributed by atoms with Crippen molar-refractivity contribution in [1.82, 2.24) is 10.3 Å². The number of hydrogen-bond donors (Lipinski definition) is 1. The summed E-state index contributed by atoms with van der Waals surface area (Å²) in [7, 11) is 0. The molecule has 0 aliphatic rings. The zero-order valence-corrected chi connectivity index (χ0v) is 18.3. The average Bonchev–Trinajstić information content (AvgIpc) is 3.13. The average molecular weight is 415 g/mol. The Morgan fingerprint density at radius 1 is 0.935 bits per heavy atom. The third kappa shape index (κ3) is 4.94. The van der Waals surface area contributed by atoms with Crippen LogP contribution in [-0.4, -0.2) is 17.5 Å². The minimum atomic E-state index is -0.159. The molecule has 0 atom stereocenters. The zero-order chi connectivity index (χ0) is 22.0. The van der Waals surface area contributed by atoms with Crippen molar-refractivity contribution in [1.29, 1.82) is 0 Å². The molecule has 0 fully saturated rings. The van der Waals surface area contributed by atoms with Crippen molar-refractivity contribution in [2.24, 2.45) is 0 Å². The van der Waals surface area contributed by atoms with Crippen LogP contribution in [0.3, 0.4) is 0 Å². The molecule has 1 N–H and O–H groups in total. The number of amides is 1. The van der Waals surface area contributed by atoms with Crippen molar-refractivity contribution in [2.75, 3.05) is 6.61 Å². The van der Waals surface area contributed by atoms with E-state index in [0.29, 0.717) is 18.2 Å². The molecule has 0 aliphatic carbocycles. The topological polar surface area (TPSA) is 64.4 Å². The maximum atomic E-state index is 12.1. The van der Waals surface area contributed by atoms with E-state index in [9.17, 15) is 4.79 Å². The lowest BCUT2D eigenvalue weighted by atomic mass is 10.1. The van der Waals surface area contributed by atoms with E-state index in [2.05, 4.69) is 30.2 Å². The van der Waals surface area contributed by atoms with Crippen LogP contribution in [0, 0.1) is 27.7 Å². The number of oxazole rings is 1. The molecule has 3 aromatic carbocycles. The van der Waals surface area contributed by atoms with Gasteiger partial charge in [-0.2, -0.15) is 0 Å². The fourth-order valence-electron chi connectivity index (χ4n) is 3.49. The minimum absolute atomic E-state index is 0.0112. The summed E-state index contributed by atoms with van der Waals surface area (Å²) in [5, 5.41) is 2.89. The van der Waals surface area contributed by atoms with Crippen LogP contribution in [0.4, 0.5) is 0 Å². The van der Waals surface area contributed by atoms with Gasteiger partial charge in [-0.05, 0) is 91.9 Å². The number of aryl methyl sites for hydroxylation is 4. The van der Waals surface area contributed by atoms with Crippen LogP contribution < -0.4 is 10.1 Å². The van der Waals surface area contributed by atoms with Crippen LogP contribution in [0.1, 0.15) is 27.8 Å². The molecule has 0 radical (unpaired) electrons. The molecule has 1 aromatic heterocycles. The molecule has 0 aliphatic heterocycles. The number of carbonyl (C=O) groups excluding carboxylic acids is 1. The lowest BCUT2D eigenvalue weighted by Crippen LogP contribution is -2.28. The van der Waals surface area contributed by atoms with E-state index in [1.165, 1.54) is 11.1 Å². The fourth-order valence-corrected chi connectivity index (χ4v) is 3.49. The van der Waals surface area contributed by atoms with Crippen molar-refractivity contribution in [3.05, 3.63) is 82.4 Å². The van der Waals surface area contributed by atoms with Gasteiger partial charge in [-0.15, -0.1) is 0 Å². The standard InChI is InChI=1S/C26H26N2O3/c1-16-9-17(2)11-22(10-16)30-15-25(29)27-14-20-5-7-21(8-6-20)26-28-23-12-18(3)19(4)13-24(23)31-26/h5-13H,14-15H2,1-4H3,(H,27,29). The number of nitrogens with one attached hydrogen (secondary N) is 1. The van der Waals surface area contributed by atoms with Gasteiger partial charge in [-0.3, -0.25) is 4.79 Å². The first-order valence-electron chi connectivity index (χ1n) is 10.3. The fraction of sp³-hybridized carbons (Fsp3) is 0.231. The lowest BCUT2D eigenvalue weighted by Gasteiger charge is -2.09. The highest BCUT2D eigenvalue weighted by molar-refractivity contribution is 5.78. The number of hydrogen-bond acceptors (Lipinski definition) is 4. The summed E-state index contributed by atoms with van der Waals surface area (Å²) in [4.78, 5) is 16.7. The van der Waals surface area contributed by atoms with Gasteiger partial charge < -0.3 is 14.5 Å². The Kier molecular flexibility index (Phi) is 5.76. The Bertz CT molecular complexity index is 1180. The summed E-state index contributed by atoms with van der Waals surface area (Å²) in [6.45, 7) is 8.56. The highest BCUT2D eigenvalue weighted by Crippen LogP contribution is 2.26. The molecule has 0 unspecified atom stereocenters. The number of nitrogens with zero attached hydrogens (tertiary/aromatic N) is 1. The number of ether oxygens (including phenoxy) is 1. The molecule has 0 spiro atoms. The van der Waals surface area contributed by atoms with E-state index in [4.69, 9.17) is 9.15 Å². The Hall–Kier alpha value is -3.60. The highest BCUT2D eigenvalue weighted by atomic mass is 16.5. The summed E-state index contributed by atoms with van der Waals surface area (Å²) in [6.07, 6.45) is 0. The van der Waals surface area contributed by atoms with Gasteiger partial charge in [-0.1, -0.05) is 18.2 Å². The smallest absolute Gasteiger partial charge is 0.258 e. The Balaban J connectivity index is 1.34. The van der Waals surface area contributed by atoms with E-state index in [-0.39, 0.29) is 12.5 Å². The lowest BCUT2D eigenvalue weighted by molar-refractivity contribution is -0.123. The first-order chi connectivity index (χ1) is 14.9. The SMILES string of the molecule is Cc1cc(C)cc(OCC(=O)NCc2ccc(-c3nc4cc(C)c(C)cc4o3)cc2)c1. The molecular weight excluding hydrogens is 388 g/mol.